The number of likely N-dealkylation sites (tertiary alicyclic amines) is 1. The molecule has 4 N–H and O–H groups in total. The molecule has 5 aromatic rings. The van der Waals surface area contributed by atoms with Gasteiger partial charge in [0.1, 0.15) is 29.6 Å². The van der Waals surface area contributed by atoms with E-state index in [4.69, 9.17) is 9.47 Å². The maximum atomic E-state index is 14.7. The Morgan fingerprint density at radius 1 is 1.00 bits per heavy atom. The van der Waals surface area contributed by atoms with Crippen LogP contribution in [-0.4, -0.2) is 83.1 Å². The molecule has 2 aromatic heterocycles. The number of H-pyrrole nitrogens is 1. The number of benzene rings is 3. The molecular weight excluding hydrogens is 890 g/mol. The normalized spacial score (nSPS) is 25.5. The first-order chi connectivity index (χ1) is 32.6. The van der Waals surface area contributed by atoms with Gasteiger partial charge in [0.2, 0.25) is 0 Å². The SMILES string of the molecule is CC1(O)CCC([C@H]2COc3cc(S(=O)(=O)NC(=O)c4ccc(N5CCC6(CC5)CC(N5CCC[C@@H]5c5ccccc5C5(C)CC5)C6)cc4Oc4cnc5[nH]cc(F)c5c4)cc([N+](=O)[O-])c3N2)CC1. The lowest BCUT2D eigenvalue weighted by Crippen LogP contribution is -2.55. The van der Waals surface area contributed by atoms with Gasteiger partial charge in [-0.25, -0.2) is 22.5 Å². The number of ether oxygens (including phenoxy) is 2. The summed E-state index contributed by atoms with van der Waals surface area (Å²) in [5, 5.41) is 26.2. The van der Waals surface area contributed by atoms with Crippen molar-refractivity contribution in [2.75, 3.05) is 36.5 Å². The lowest BCUT2D eigenvalue weighted by molar-refractivity contribution is -0.384. The van der Waals surface area contributed by atoms with Gasteiger partial charge in [-0.3, -0.25) is 19.8 Å². The molecule has 68 heavy (non-hydrogen) atoms. The number of hydrogen-bond acceptors (Lipinski definition) is 12. The van der Waals surface area contributed by atoms with Crippen LogP contribution in [0, 0.1) is 27.3 Å². The van der Waals surface area contributed by atoms with Gasteiger partial charge in [0.15, 0.2) is 11.4 Å². The number of anilines is 2. The van der Waals surface area contributed by atoms with Gasteiger partial charge in [-0.1, -0.05) is 31.2 Å². The number of hydrogen-bond donors (Lipinski definition) is 4. The van der Waals surface area contributed by atoms with Gasteiger partial charge < -0.3 is 29.8 Å². The largest absolute Gasteiger partial charge is 0.489 e. The molecule has 3 saturated carbocycles. The molecule has 2 saturated heterocycles. The average molecular weight is 948 g/mol. The molecule has 5 fully saturated rings. The summed E-state index contributed by atoms with van der Waals surface area (Å²) < 4.78 is 57.0. The van der Waals surface area contributed by atoms with Gasteiger partial charge in [0.05, 0.1) is 38.6 Å². The second-order valence-corrected chi connectivity index (χ2v) is 22.7. The molecule has 11 rings (SSSR count). The number of amides is 1. The van der Waals surface area contributed by atoms with Crippen LogP contribution in [0.2, 0.25) is 0 Å². The highest BCUT2D eigenvalue weighted by Crippen LogP contribution is 2.56. The second-order valence-electron chi connectivity index (χ2n) is 21.0. The van der Waals surface area contributed by atoms with E-state index in [1.165, 1.54) is 80.2 Å². The van der Waals surface area contributed by atoms with Gasteiger partial charge in [0.25, 0.3) is 21.6 Å². The Labute approximate surface area is 395 Å². The summed E-state index contributed by atoms with van der Waals surface area (Å²) in [4.78, 5) is 37.4. The number of fused-ring (bicyclic) bond motifs is 2. The molecule has 358 valence electrons. The number of nitro benzene ring substituents is 1. The average Bonchev–Trinajstić information content (AvgIpc) is 3.69. The van der Waals surface area contributed by atoms with Crippen molar-refractivity contribution >= 4 is 44.0 Å². The van der Waals surface area contributed by atoms with Crippen LogP contribution in [0.3, 0.4) is 0 Å². The maximum absolute atomic E-state index is 14.7. The Kier molecular flexibility index (Phi) is 11.0. The summed E-state index contributed by atoms with van der Waals surface area (Å²) >= 11 is 0. The third-order valence-electron chi connectivity index (χ3n) is 16.4. The summed E-state index contributed by atoms with van der Waals surface area (Å²) in [6, 6.07) is 18.4. The van der Waals surface area contributed by atoms with Gasteiger partial charge in [-0.15, -0.1) is 0 Å². The molecular formula is C51H58FN7O8S. The minimum atomic E-state index is -4.71. The highest BCUT2D eigenvalue weighted by atomic mass is 32.2. The summed E-state index contributed by atoms with van der Waals surface area (Å²) in [6.45, 7) is 7.06. The van der Waals surface area contributed by atoms with Crippen LogP contribution in [0.1, 0.15) is 118 Å². The number of carbonyl (C=O) groups excluding carboxylic acids is 1. The molecule has 0 unspecified atom stereocenters. The quantitative estimate of drug-likeness (QED) is 0.0726. The Balaban J connectivity index is 0.807. The number of aromatic nitrogens is 2. The molecule has 3 aromatic carbocycles. The van der Waals surface area contributed by atoms with E-state index in [2.05, 4.69) is 61.0 Å². The van der Waals surface area contributed by atoms with Crippen molar-refractivity contribution in [2.45, 2.75) is 125 Å². The molecule has 1 spiro atoms. The number of sulfonamides is 1. The third-order valence-corrected chi connectivity index (χ3v) is 17.7. The van der Waals surface area contributed by atoms with Crippen molar-refractivity contribution in [3.05, 3.63) is 106 Å². The van der Waals surface area contributed by atoms with E-state index in [1.807, 2.05) is 0 Å². The minimum absolute atomic E-state index is 0.0237. The van der Waals surface area contributed by atoms with E-state index in [-0.39, 0.29) is 57.9 Å². The summed E-state index contributed by atoms with van der Waals surface area (Å²) in [5.74, 6) is -1.35. The smallest absolute Gasteiger partial charge is 0.297 e. The van der Waals surface area contributed by atoms with Crippen LogP contribution in [0.5, 0.6) is 17.2 Å². The standard InChI is InChI=1S/C51H58FN7O8S/c1-49(15-16-49)39-7-4-3-6-36(39)42-8-5-19-58(42)33-26-51(27-33)17-20-57(21-18-51)32-9-10-37(44(22-32)67-34-23-38-40(52)29-54-47(38)53-28-34)48(60)56-68(64,65)35-24-43(59(62)63)46-45(25-35)66-30-41(55-46)31-11-13-50(2,61)14-12-31/h3-4,6-7,9-10,22-25,28-29,31,33,41-42,55,61H,5,8,11-21,26-27,30H2,1-2H3,(H,53,54)(H,56,60)/t31?,41-,42-,50?/m1/s1. The number of nitrogens with zero attached hydrogens (tertiary/aromatic N) is 4. The van der Waals surface area contributed by atoms with Crippen molar-refractivity contribution < 1.29 is 37.1 Å². The number of rotatable bonds is 11. The predicted octanol–water partition coefficient (Wildman–Crippen LogP) is 9.27. The van der Waals surface area contributed by atoms with Gasteiger partial charge >= 0.3 is 0 Å². The maximum Gasteiger partial charge on any atom is 0.297 e. The van der Waals surface area contributed by atoms with Crippen molar-refractivity contribution in [1.82, 2.24) is 19.6 Å². The van der Waals surface area contributed by atoms with E-state index < -0.39 is 42.9 Å². The lowest BCUT2D eigenvalue weighted by atomic mass is 9.59. The fourth-order valence-electron chi connectivity index (χ4n) is 12.0. The Morgan fingerprint density at radius 3 is 2.51 bits per heavy atom. The molecule has 5 heterocycles. The molecule has 0 radical (unpaired) electrons. The van der Waals surface area contributed by atoms with E-state index >= 15 is 0 Å². The topological polar surface area (TPSA) is 192 Å². The van der Waals surface area contributed by atoms with Crippen LogP contribution >= 0.6 is 0 Å². The first-order valence-electron chi connectivity index (χ1n) is 24.1. The Hall–Kier alpha value is -5.78. The zero-order chi connectivity index (χ0) is 47.2. The zero-order valence-electron chi connectivity index (χ0n) is 38.4. The van der Waals surface area contributed by atoms with E-state index in [0.29, 0.717) is 48.8 Å². The Morgan fingerprint density at radius 2 is 1.76 bits per heavy atom. The van der Waals surface area contributed by atoms with Crippen molar-refractivity contribution in [3.63, 3.8) is 0 Å². The summed E-state index contributed by atoms with van der Waals surface area (Å²) in [6.07, 6.45) is 14.5. The highest BCUT2D eigenvalue weighted by Gasteiger charge is 2.51. The molecule has 1 amide bonds. The van der Waals surface area contributed by atoms with Crippen LogP contribution in [0.15, 0.2) is 78.0 Å². The predicted molar refractivity (Wildman–Crippen MR) is 254 cm³/mol. The van der Waals surface area contributed by atoms with Gasteiger partial charge in [-0.2, -0.15) is 0 Å². The minimum Gasteiger partial charge on any atom is -0.489 e. The third kappa shape index (κ3) is 8.33. The number of pyridine rings is 1. The first kappa shape index (κ1) is 44.7. The summed E-state index contributed by atoms with van der Waals surface area (Å²) in [7, 11) is -4.71. The Bertz CT molecular complexity index is 2910. The second kappa shape index (κ2) is 16.7. The number of carbonyl (C=O) groups is 1. The van der Waals surface area contributed by atoms with Gasteiger partial charge in [-0.05, 0) is 137 Å². The van der Waals surface area contributed by atoms with Crippen molar-refractivity contribution in [3.8, 4) is 17.2 Å². The highest BCUT2D eigenvalue weighted by molar-refractivity contribution is 7.90. The van der Waals surface area contributed by atoms with Crippen LogP contribution in [0.25, 0.3) is 11.0 Å². The zero-order valence-corrected chi connectivity index (χ0v) is 39.2. The van der Waals surface area contributed by atoms with E-state index in [1.54, 1.807) is 19.1 Å². The van der Waals surface area contributed by atoms with Crippen LogP contribution in [-0.2, 0) is 15.4 Å². The molecule has 0 bridgehead atoms. The molecule has 3 aliphatic heterocycles. The molecule has 6 aliphatic rings. The van der Waals surface area contributed by atoms with E-state index in [0.717, 1.165) is 44.2 Å². The van der Waals surface area contributed by atoms with Crippen molar-refractivity contribution in [2.24, 2.45) is 11.3 Å². The number of aliphatic hydroxyl groups is 1. The molecule has 17 heteroatoms. The number of nitro groups is 1. The lowest BCUT2D eigenvalue weighted by Gasteiger charge is -2.56. The number of nitrogens with one attached hydrogen (secondary N) is 3. The van der Waals surface area contributed by atoms with Gasteiger partial charge in [0, 0.05) is 55.3 Å². The fraction of sp³-hybridized carbons (Fsp3) is 0.490. The first-order valence-corrected chi connectivity index (χ1v) is 25.6. The molecule has 3 aliphatic carbocycles. The van der Waals surface area contributed by atoms with E-state index in [9.17, 15) is 32.8 Å². The van der Waals surface area contributed by atoms with Crippen molar-refractivity contribution in [1.29, 1.82) is 0 Å². The number of aromatic amines is 1. The monoisotopic (exact) mass is 947 g/mol. The molecule has 2 atom stereocenters. The fourth-order valence-corrected chi connectivity index (χ4v) is 13.0. The number of halogens is 1. The molecule has 15 nitrogen and oxygen atoms in total. The summed E-state index contributed by atoms with van der Waals surface area (Å²) in [5.41, 5.74) is 3.40. The van der Waals surface area contributed by atoms with Crippen LogP contribution in [0.4, 0.5) is 21.5 Å². The number of piperidine rings is 1. The van der Waals surface area contributed by atoms with Crippen LogP contribution < -0.4 is 24.4 Å².